The lowest BCUT2D eigenvalue weighted by molar-refractivity contribution is -0.138. The zero-order valence-electron chi connectivity index (χ0n) is 28.0. The van der Waals surface area contributed by atoms with Gasteiger partial charge in [-0.3, -0.25) is 29.0 Å². The smallest absolute Gasteiger partial charge is 0.254 e. The molecule has 6 unspecified atom stereocenters. The van der Waals surface area contributed by atoms with E-state index in [1.54, 1.807) is 42.5 Å². The number of allylic oxidation sites excluding steroid dienone is 2. The van der Waals surface area contributed by atoms with Crippen molar-refractivity contribution in [2.45, 2.75) is 28.5 Å². The molecule has 2 aliphatic carbocycles. The van der Waals surface area contributed by atoms with Gasteiger partial charge in [0.15, 0.2) is 9.75 Å². The second kappa shape index (κ2) is 12.5. The van der Waals surface area contributed by atoms with Gasteiger partial charge in [-0.05, 0) is 72.7 Å². The summed E-state index contributed by atoms with van der Waals surface area (Å²) in [5.74, 6) is -5.67. The van der Waals surface area contributed by atoms with E-state index in [1.807, 2.05) is 67.5 Å². The van der Waals surface area contributed by atoms with Crippen molar-refractivity contribution < 1.29 is 24.3 Å². The average Bonchev–Trinajstić information content (AvgIpc) is 3.49. The van der Waals surface area contributed by atoms with E-state index in [4.69, 9.17) is 23.2 Å². The minimum atomic E-state index is -2.02. The first-order chi connectivity index (χ1) is 24.9. The number of likely N-dealkylation sites (tertiary alicyclic amines) is 1. The summed E-state index contributed by atoms with van der Waals surface area (Å²) in [7, 11) is 3.91. The summed E-state index contributed by atoms with van der Waals surface area (Å²) in [6.07, 6.45) is 1.91. The molecule has 0 bridgehead atoms. The minimum Gasteiger partial charge on any atom is -0.507 e. The number of phenols is 1. The van der Waals surface area contributed by atoms with Gasteiger partial charge < -0.3 is 10.0 Å². The van der Waals surface area contributed by atoms with Crippen LogP contribution in [0.1, 0.15) is 24.3 Å². The van der Waals surface area contributed by atoms with E-state index in [2.05, 4.69) is 26.2 Å². The second-order valence-electron chi connectivity index (χ2n) is 13.9. The highest BCUT2D eigenvalue weighted by molar-refractivity contribution is 9.09. The molecule has 2 heterocycles. The summed E-state index contributed by atoms with van der Waals surface area (Å²) in [5, 5.41) is 21.6. The van der Waals surface area contributed by atoms with Crippen molar-refractivity contribution in [3.05, 3.63) is 102 Å². The van der Waals surface area contributed by atoms with E-state index < -0.39 is 51.1 Å². The maximum atomic E-state index is 14.4. The number of imide groups is 2. The van der Waals surface area contributed by atoms with Crippen LogP contribution in [-0.4, -0.2) is 62.9 Å². The molecule has 6 atom stereocenters. The SMILES string of the molecule is CN(C)c1ccc(N=Nc2ccc(N3C(=O)C4CC=C5C(CC6(Cl)C(=O)N(CBr)C(=O)C6(Cl)C5c5ccc6ccccc6c5O)C4C3=O)cc2)cc1. The fraction of sp³-hybridized carbons (Fsp3) is 0.282. The average molecular weight is 802 g/mol. The van der Waals surface area contributed by atoms with Gasteiger partial charge in [0.2, 0.25) is 11.8 Å². The van der Waals surface area contributed by atoms with Crippen LogP contribution in [0.2, 0.25) is 0 Å². The number of phenolic OH excluding ortho intramolecular Hbond substituents is 1. The standard InChI is InChI=1S/C39H32BrCl2N5O5/c1-45(2)24-12-8-22(9-13-24)43-44-23-10-14-25(15-11-23)47-34(49)28-18-17-27-30(31(28)35(47)50)19-38(41)36(51)46(20-40)37(52)39(38,42)32(27)29-16-7-21-5-3-4-6-26(21)33(29)48/h3-17,28,30-32,48H,18-20H2,1-2H3. The van der Waals surface area contributed by atoms with E-state index in [0.29, 0.717) is 33.6 Å². The molecule has 264 valence electrons. The van der Waals surface area contributed by atoms with Gasteiger partial charge in [0, 0.05) is 36.7 Å². The van der Waals surface area contributed by atoms with E-state index in [-0.39, 0.29) is 30.0 Å². The Hall–Kier alpha value is -4.58. The van der Waals surface area contributed by atoms with Crippen LogP contribution in [0.25, 0.3) is 10.8 Å². The van der Waals surface area contributed by atoms with Crippen molar-refractivity contribution in [1.29, 1.82) is 0 Å². The summed E-state index contributed by atoms with van der Waals surface area (Å²) < 4.78 is 0. The predicted octanol–water partition coefficient (Wildman–Crippen LogP) is 7.94. The zero-order chi connectivity index (χ0) is 36.7. The molecule has 4 aromatic carbocycles. The maximum Gasteiger partial charge on any atom is 0.254 e. The summed E-state index contributed by atoms with van der Waals surface area (Å²) in [6, 6.07) is 25.0. The summed E-state index contributed by atoms with van der Waals surface area (Å²) in [4.78, 5) is 56.8. The van der Waals surface area contributed by atoms with Crippen LogP contribution >= 0.6 is 39.1 Å². The Labute approximate surface area is 317 Å². The van der Waals surface area contributed by atoms with Crippen LogP contribution in [0.4, 0.5) is 22.7 Å². The van der Waals surface area contributed by atoms with Crippen molar-refractivity contribution >= 4 is 96.3 Å². The lowest BCUT2D eigenvalue weighted by atomic mass is 9.56. The van der Waals surface area contributed by atoms with Crippen molar-refractivity contribution in [3.8, 4) is 5.75 Å². The first kappa shape index (κ1) is 34.5. The number of hydrogen-bond acceptors (Lipinski definition) is 8. The van der Waals surface area contributed by atoms with Gasteiger partial charge >= 0.3 is 0 Å². The molecule has 8 rings (SSSR count). The number of carbonyl (C=O) groups excluding carboxylic acids is 4. The van der Waals surface area contributed by atoms with Crippen molar-refractivity contribution in [2.75, 3.05) is 29.3 Å². The number of carbonyl (C=O) groups is 4. The van der Waals surface area contributed by atoms with Crippen LogP contribution in [0, 0.1) is 17.8 Å². The van der Waals surface area contributed by atoms with Gasteiger partial charge in [-0.1, -0.05) is 64.0 Å². The highest BCUT2D eigenvalue weighted by Gasteiger charge is 2.76. The molecule has 13 heteroatoms. The summed E-state index contributed by atoms with van der Waals surface area (Å²) >= 11 is 18.0. The number of nitrogens with zero attached hydrogens (tertiary/aromatic N) is 5. The number of aromatic hydroxyl groups is 1. The number of benzene rings is 4. The second-order valence-corrected chi connectivity index (χ2v) is 15.6. The Morgan fingerprint density at radius 1 is 0.846 bits per heavy atom. The normalized spacial score (nSPS) is 28.4. The molecule has 3 fully saturated rings. The maximum absolute atomic E-state index is 14.4. The summed E-state index contributed by atoms with van der Waals surface area (Å²) in [6.45, 7) is 0. The van der Waals surface area contributed by atoms with Gasteiger partial charge in [0.05, 0.1) is 34.4 Å². The van der Waals surface area contributed by atoms with Gasteiger partial charge in [0.1, 0.15) is 5.75 Å². The molecule has 0 aromatic heterocycles. The number of azo groups is 1. The third kappa shape index (κ3) is 4.89. The number of alkyl halides is 3. The molecule has 2 aliphatic heterocycles. The van der Waals surface area contributed by atoms with E-state index in [0.717, 1.165) is 16.0 Å². The Balaban J connectivity index is 1.15. The number of rotatable bonds is 6. The number of amides is 4. The van der Waals surface area contributed by atoms with Crippen molar-refractivity contribution in [1.82, 2.24) is 4.90 Å². The Kier molecular flexibility index (Phi) is 8.31. The Morgan fingerprint density at radius 2 is 1.50 bits per heavy atom. The molecular formula is C39H32BrCl2N5O5. The summed E-state index contributed by atoms with van der Waals surface area (Å²) in [5.41, 5.74) is 3.41. The monoisotopic (exact) mass is 799 g/mol. The fourth-order valence-corrected chi connectivity index (χ4v) is 9.88. The van der Waals surface area contributed by atoms with Crippen molar-refractivity contribution in [2.24, 2.45) is 28.0 Å². The first-order valence-corrected chi connectivity index (χ1v) is 18.7. The molecule has 1 saturated carbocycles. The van der Waals surface area contributed by atoms with Gasteiger partial charge in [0.25, 0.3) is 11.8 Å². The van der Waals surface area contributed by atoms with Crippen LogP contribution in [-0.2, 0) is 19.2 Å². The Bertz CT molecular complexity index is 2250. The van der Waals surface area contributed by atoms with Crippen LogP contribution in [0.5, 0.6) is 5.75 Å². The van der Waals surface area contributed by atoms with Gasteiger partial charge in [-0.15, -0.1) is 23.2 Å². The quantitative estimate of drug-likeness (QED) is 0.0695. The number of anilines is 2. The highest BCUT2D eigenvalue weighted by Crippen LogP contribution is 2.66. The van der Waals surface area contributed by atoms with E-state index >= 15 is 0 Å². The first-order valence-electron chi connectivity index (χ1n) is 16.8. The molecule has 4 aliphatic rings. The molecular weight excluding hydrogens is 769 g/mol. The topological polar surface area (TPSA) is 123 Å². The van der Waals surface area contributed by atoms with E-state index in [1.165, 1.54) is 4.90 Å². The Morgan fingerprint density at radius 3 is 2.15 bits per heavy atom. The molecule has 10 nitrogen and oxygen atoms in total. The molecule has 4 aromatic rings. The zero-order valence-corrected chi connectivity index (χ0v) is 31.1. The molecule has 0 radical (unpaired) electrons. The lowest BCUT2D eigenvalue weighted by Gasteiger charge is -2.50. The van der Waals surface area contributed by atoms with Crippen LogP contribution < -0.4 is 9.80 Å². The molecule has 4 amide bonds. The molecule has 52 heavy (non-hydrogen) atoms. The highest BCUT2D eigenvalue weighted by atomic mass is 79.9. The van der Waals surface area contributed by atoms with Crippen LogP contribution in [0.3, 0.4) is 0 Å². The number of halogens is 3. The largest absolute Gasteiger partial charge is 0.507 e. The van der Waals surface area contributed by atoms with Gasteiger partial charge in [-0.2, -0.15) is 10.2 Å². The third-order valence-corrected chi connectivity index (χ3v) is 12.9. The minimum absolute atomic E-state index is 0.0957. The molecule has 2 saturated heterocycles. The van der Waals surface area contributed by atoms with Crippen molar-refractivity contribution in [3.63, 3.8) is 0 Å². The van der Waals surface area contributed by atoms with Gasteiger partial charge in [-0.25, -0.2) is 0 Å². The fourth-order valence-electron chi connectivity index (χ4n) is 8.46. The lowest BCUT2D eigenvalue weighted by Crippen LogP contribution is -2.60. The van der Waals surface area contributed by atoms with E-state index in [9.17, 15) is 24.3 Å². The van der Waals surface area contributed by atoms with Crippen LogP contribution in [0.15, 0.2) is 107 Å². The third-order valence-electron chi connectivity index (χ3n) is 11.0. The molecule has 0 spiro atoms. The number of hydrogen-bond donors (Lipinski definition) is 1. The number of fused-ring (bicyclic) bond motifs is 5. The predicted molar refractivity (Wildman–Crippen MR) is 203 cm³/mol. The molecule has 1 N–H and O–H groups in total.